The number of isocyanates is 1. The molecule has 1 aliphatic heterocycles. The summed E-state index contributed by atoms with van der Waals surface area (Å²) in [6.45, 7) is 0.835. The van der Waals surface area contributed by atoms with Crippen LogP contribution in [-0.2, 0) is 9.53 Å². The number of ether oxygens (including phenoxy) is 1. The fourth-order valence-corrected chi connectivity index (χ4v) is 1.19. The van der Waals surface area contributed by atoms with Crippen LogP contribution in [0.2, 0.25) is 0 Å². The Balaban J connectivity index is 2.04. The summed E-state index contributed by atoms with van der Waals surface area (Å²) in [7, 11) is 0. The van der Waals surface area contributed by atoms with Crippen LogP contribution in [0.4, 0.5) is 11.4 Å². The third-order valence-corrected chi connectivity index (χ3v) is 2.07. The Kier molecular flexibility index (Phi) is 3.42. The van der Waals surface area contributed by atoms with Gasteiger partial charge in [-0.15, -0.1) is 0 Å². The van der Waals surface area contributed by atoms with Crippen molar-refractivity contribution in [3.8, 4) is 0 Å². The molecule has 1 unspecified atom stereocenters. The molecule has 1 aromatic rings. The number of benzene rings is 1. The molecule has 1 aromatic carbocycles. The van der Waals surface area contributed by atoms with Crippen LogP contribution in [-0.4, -0.2) is 24.7 Å². The number of hydrogen-bond donors (Lipinski definition) is 0. The standard InChI is InChI=1S/C12H10N2O2/c15-9-14-11-4-1-3-10(7-11)13-6-2-5-12-8-16-12/h1-4,7,12H,5,8H2. The first-order valence-corrected chi connectivity index (χ1v) is 4.96. The summed E-state index contributed by atoms with van der Waals surface area (Å²) >= 11 is 0. The van der Waals surface area contributed by atoms with Gasteiger partial charge in [0.25, 0.3) is 0 Å². The highest BCUT2D eigenvalue weighted by Crippen LogP contribution is 2.19. The van der Waals surface area contributed by atoms with Gasteiger partial charge in [-0.1, -0.05) is 6.07 Å². The van der Waals surface area contributed by atoms with Crippen molar-refractivity contribution in [2.24, 2.45) is 9.98 Å². The summed E-state index contributed by atoms with van der Waals surface area (Å²) < 4.78 is 5.04. The van der Waals surface area contributed by atoms with E-state index in [9.17, 15) is 4.79 Å². The number of nitrogens with zero attached hydrogens (tertiary/aromatic N) is 2. The Morgan fingerprint density at radius 3 is 2.88 bits per heavy atom. The van der Waals surface area contributed by atoms with Gasteiger partial charge in [-0.3, -0.25) is 0 Å². The highest BCUT2D eigenvalue weighted by Gasteiger charge is 2.19. The minimum absolute atomic E-state index is 0.355. The van der Waals surface area contributed by atoms with Gasteiger partial charge in [0.05, 0.1) is 24.1 Å². The molecule has 2 rings (SSSR count). The molecule has 0 aliphatic carbocycles. The normalized spacial score (nSPS) is 16.9. The Hall–Kier alpha value is -1.99. The molecule has 0 saturated carbocycles. The number of hydrogen-bond acceptors (Lipinski definition) is 4. The summed E-state index contributed by atoms with van der Waals surface area (Å²) in [5, 5.41) is 0. The van der Waals surface area contributed by atoms with Gasteiger partial charge in [0.1, 0.15) is 0 Å². The van der Waals surface area contributed by atoms with Crippen molar-refractivity contribution in [1.82, 2.24) is 0 Å². The molecule has 4 nitrogen and oxygen atoms in total. The first-order valence-electron chi connectivity index (χ1n) is 4.96. The molecule has 4 heteroatoms. The highest BCUT2D eigenvalue weighted by atomic mass is 16.6. The number of rotatable bonds is 4. The molecule has 16 heavy (non-hydrogen) atoms. The maximum absolute atomic E-state index is 10.1. The average Bonchev–Trinajstić information content (AvgIpc) is 3.09. The van der Waals surface area contributed by atoms with Crippen LogP contribution in [0.5, 0.6) is 0 Å². The molecule has 0 amide bonds. The van der Waals surface area contributed by atoms with E-state index in [1.807, 2.05) is 12.1 Å². The van der Waals surface area contributed by atoms with Gasteiger partial charge in [0, 0.05) is 6.42 Å². The summed E-state index contributed by atoms with van der Waals surface area (Å²) in [4.78, 5) is 17.7. The van der Waals surface area contributed by atoms with Gasteiger partial charge >= 0.3 is 0 Å². The fourth-order valence-electron chi connectivity index (χ4n) is 1.19. The minimum Gasteiger partial charge on any atom is -0.373 e. The molecule has 0 radical (unpaired) electrons. The van der Waals surface area contributed by atoms with E-state index >= 15 is 0 Å². The summed E-state index contributed by atoms with van der Waals surface area (Å²) in [5.41, 5.74) is 1.26. The van der Waals surface area contributed by atoms with E-state index in [1.165, 1.54) is 6.08 Å². The van der Waals surface area contributed by atoms with Crippen LogP contribution < -0.4 is 0 Å². The van der Waals surface area contributed by atoms with Crippen LogP contribution in [0.15, 0.2) is 40.3 Å². The molecular weight excluding hydrogens is 204 g/mol. The maximum atomic E-state index is 10.1. The minimum atomic E-state index is 0.355. The zero-order valence-electron chi connectivity index (χ0n) is 8.59. The lowest BCUT2D eigenvalue weighted by atomic mass is 10.3. The predicted octanol–water partition coefficient (Wildman–Crippen LogP) is 2.30. The smallest absolute Gasteiger partial charge is 0.240 e. The summed E-state index contributed by atoms with van der Waals surface area (Å²) in [6.07, 6.45) is 4.53. The number of carbonyl (C=O) groups excluding carboxylic acids is 1. The van der Waals surface area contributed by atoms with Gasteiger partial charge in [-0.25, -0.2) is 9.79 Å². The molecule has 1 heterocycles. The Morgan fingerprint density at radius 1 is 1.44 bits per heavy atom. The lowest BCUT2D eigenvalue weighted by molar-refractivity contribution is 0.410. The fraction of sp³-hybridized carbons (Fsp3) is 0.250. The van der Waals surface area contributed by atoms with Crippen molar-refractivity contribution < 1.29 is 9.53 Å². The predicted molar refractivity (Wildman–Crippen MR) is 60.2 cm³/mol. The van der Waals surface area contributed by atoms with Gasteiger partial charge in [-0.05, 0) is 30.1 Å². The molecule has 1 aliphatic rings. The van der Waals surface area contributed by atoms with Crippen molar-refractivity contribution in [1.29, 1.82) is 0 Å². The quantitative estimate of drug-likeness (QED) is 0.438. The van der Waals surface area contributed by atoms with Crippen LogP contribution in [0.1, 0.15) is 6.42 Å². The molecule has 0 aromatic heterocycles. The van der Waals surface area contributed by atoms with Crippen molar-refractivity contribution in [3.63, 3.8) is 0 Å². The van der Waals surface area contributed by atoms with E-state index in [1.54, 1.807) is 18.2 Å². The van der Waals surface area contributed by atoms with E-state index in [2.05, 4.69) is 15.9 Å². The van der Waals surface area contributed by atoms with Crippen molar-refractivity contribution in [2.45, 2.75) is 12.5 Å². The summed E-state index contributed by atoms with van der Waals surface area (Å²) in [5.74, 6) is 2.82. The molecule has 0 spiro atoms. The van der Waals surface area contributed by atoms with E-state index in [0.29, 0.717) is 17.5 Å². The zero-order valence-corrected chi connectivity index (χ0v) is 8.59. The third-order valence-electron chi connectivity index (χ3n) is 2.07. The molecule has 1 fully saturated rings. The molecule has 0 N–H and O–H groups in total. The van der Waals surface area contributed by atoms with Crippen molar-refractivity contribution in [2.75, 3.05) is 6.61 Å². The van der Waals surface area contributed by atoms with Crippen molar-refractivity contribution >= 4 is 23.3 Å². The first kappa shape index (κ1) is 10.5. The topological polar surface area (TPSA) is 54.3 Å². The molecule has 1 saturated heterocycles. The number of epoxide rings is 1. The van der Waals surface area contributed by atoms with Crippen LogP contribution >= 0.6 is 0 Å². The Bertz CT molecular complexity index is 480. The third kappa shape index (κ3) is 3.30. The van der Waals surface area contributed by atoms with E-state index in [-0.39, 0.29) is 0 Å². The summed E-state index contributed by atoms with van der Waals surface area (Å²) in [6, 6.07) is 7.00. The zero-order chi connectivity index (χ0) is 11.2. The molecular formula is C12H10N2O2. The second-order valence-electron chi connectivity index (χ2n) is 3.36. The van der Waals surface area contributed by atoms with E-state index < -0.39 is 0 Å². The van der Waals surface area contributed by atoms with Crippen molar-refractivity contribution in [3.05, 3.63) is 30.3 Å². The van der Waals surface area contributed by atoms with Gasteiger partial charge in [-0.2, -0.15) is 4.99 Å². The van der Waals surface area contributed by atoms with Crippen LogP contribution in [0.3, 0.4) is 0 Å². The lowest BCUT2D eigenvalue weighted by Crippen LogP contribution is -1.77. The number of aliphatic imine (C=N–C) groups is 2. The second kappa shape index (κ2) is 5.19. The Labute approximate surface area is 93.0 Å². The second-order valence-corrected chi connectivity index (χ2v) is 3.36. The highest BCUT2D eigenvalue weighted by molar-refractivity contribution is 5.62. The van der Waals surface area contributed by atoms with Gasteiger partial charge in [0.2, 0.25) is 6.08 Å². The molecule has 0 bridgehead atoms. The van der Waals surface area contributed by atoms with E-state index in [4.69, 9.17) is 4.74 Å². The maximum Gasteiger partial charge on any atom is 0.240 e. The lowest BCUT2D eigenvalue weighted by Gasteiger charge is -1.91. The monoisotopic (exact) mass is 214 g/mol. The average molecular weight is 214 g/mol. The largest absolute Gasteiger partial charge is 0.373 e. The van der Waals surface area contributed by atoms with Crippen LogP contribution in [0.25, 0.3) is 0 Å². The SMILES string of the molecule is O=C=Nc1cccc(N=C=CCC2CO2)c1. The molecule has 1 atom stereocenters. The van der Waals surface area contributed by atoms with Crippen LogP contribution in [0, 0.1) is 0 Å². The van der Waals surface area contributed by atoms with Gasteiger partial charge in [0.15, 0.2) is 0 Å². The molecule has 80 valence electrons. The van der Waals surface area contributed by atoms with E-state index in [0.717, 1.165) is 13.0 Å². The van der Waals surface area contributed by atoms with Gasteiger partial charge < -0.3 is 4.74 Å². The first-order chi connectivity index (χ1) is 7.88. The Morgan fingerprint density at radius 2 is 2.19 bits per heavy atom.